The average molecular weight is 735 g/mol. The first kappa shape index (κ1) is 31.6. The molecule has 7 aromatic carbocycles. The molecule has 0 spiro atoms. The van der Waals surface area contributed by atoms with Crippen molar-refractivity contribution in [3.8, 4) is 45.1 Å². The maximum absolute atomic E-state index is 5.27. The van der Waals surface area contributed by atoms with E-state index in [1.54, 1.807) is 0 Å². The Morgan fingerprint density at radius 2 is 1.16 bits per heavy atom. The van der Waals surface area contributed by atoms with Crippen LogP contribution in [-0.2, 0) is 0 Å². The Morgan fingerprint density at radius 1 is 0.536 bits per heavy atom. The van der Waals surface area contributed by atoms with Crippen molar-refractivity contribution < 1.29 is 0 Å². The lowest BCUT2D eigenvalue weighted by Gasteiger charge is -2.30. The summed E-state index contributed by atoms with van der Waals surface area (Å²) in [6.45, 7) is 2.22. The van der Waals surface area contributed by atoms with Crippen LogP contribution in [0.1, 0.15) is 33.6 Å². The first-order valence-corrected chi connectivity index (χ1v) is 20.1. The molecule has 0 bridgehead atoms. The van der Waals surface area contributed by atoms with Crippen molar-refractivity contribution >= 4 is 44.6 Å². The van der Waals surface area contributed by atoms with Gasteiger partial charge in [0.25, 0.3) is 0 Å². The number of nitrogens with zero attached hydrogens (tertiary/aromatic N) is 4. The van der Waals surface area contributed by atoms with Gasteiger partial charge in [0.1, 0.15) is 0 Å². The van der Waals surface area contributed by atoms with E-state index in [9.17, 15) is 0 Å². The van der Waals surface area contributed by atoms with Gasteiger partial charge in [0.05, 0.1) is 39.1 Å². The van der Waals surface area contributed by atoms with Crippen LogP contribution in [0.2, 0.25) is 0 Å². The zero-order chi connectivity index (χ0) is 36.9. The summed E-state index contributed by atoms with van der Waals surface area (Å²) in [7, 11) is 0. The Morgan fingerprint density at radius 3 is 1.93 bits per heavy atom. The fraction of sp³-hybridized carbons (Fsp3) is 0.0588. The summed E-state index contributed by atoms with van der Waals surface area (Å²) in [5.74, 6) is 0.192. The molecule has 3 aromatic heterocycles. The SMILES string of the molecule is Cc1cc(-n2c3c(c4ccccc42)C2Sc4ccccc4C2c2c-3c3ccccc3n2-c2ccccc2)ccc1-c1nc2ccccc2nc1-c1ccccc1. The molecule has 0 N–H and O–H groups in total. The minimum atomic E-state index is 0.192. The lowest BCUT2D eigenvalue weighted by Crippen LogP contribution is -2.17. The number of thioether (sulfide) groups is 1. The Balaban J connectivity index is 1.15. The molecule has 0 saturated carbocycles. The molecule has 4 heterocycles. The van der Waals surface area contributed by atoms with Crippen molar-refractivity contribution in [2.45, 2.75) is 23.0 Å². The maximum atomic E-state index is 5.27. The molecule has 264 valence electrons. The quantitative estimate of drug-likeness (QED) is 0.181. The molecule has 2 aliphatic rings. The van der Waals surface area contributed by atoms with Gasteiger partial charge in [-0.1, -0.05) is 121 Å². The Labute approximate surface area is 328 Å². The van der Waals surface area contributed by atoms with Crippen molar-refractivity contribution in [2.24, 2.45) is 0 Å². The zero-order valence-corrected chi connectivity index (χ0v) is 31.4. The molecule has 2 atom stereocenters. The first-order valence-electron chi connectivity index (χ1n) is 19.2. The van der Waals surface area contributed by atoms with Crippen LogP contribution in [-0.4, -0.2) is 19.1 Å². The molecule has 1 aliphatic carbocycles. The monoisotopic (exact) mass is 734 g/mol. The summed E-state index contributed by atoms with van der Waals surface area (Å²) in [6, 6.07) is 63.5. The number of aryl methyl sites for hydroxylation is 1. The van der Waals surface area contributed by atoms with Gasteiger partial charge < -0.3 is 9.13 Å². The average Bonchev–Trinajstić information content (AvgIpc) is 3.92. The second-order valence-electron chi connectivity index (χ2n) is 14.9. The second kappa shape index (κ2) is 12.2. The predicted molar refractivity (Wildman–Crippen MR) is 231 cm³/mol. The zero-order valence-electron chi connectivity index (χ0n) is 30.6. The summed E-state index contributed by atoms with van der Waals surface area (Å²) in [4.78, 5) is 11.8. The van der Waals surface area contributed by atoms with Gasteiger partial charge in [0.15, 0.2) is 0 Å². The van der Waals surface area contributed by atoms with Gasteiger partial charge in [-0.2, -0.15) is 0 Å². The van der Waals surface area contributed by atoms with Crippen LogP contribution in [0.5, 0.6) is 0 Å². The molecule has 12 rings (SSSR count). The fourth-order valence-electron chi connectivity index (χ4n) is 9.49. The van der Waals surface area contributed by atoms with Crippen LogP contribution in [0.25, 0.3) is 78.0 Å². The molecule has 1 aliphatic heterocycles. The second-order valence-corrected chi connectivity index (χ2v) is 16.1. The third-order valence-corrected chi connectivity index (χ3v) is 13.2. The number of hydrogen-bond donors (Lipinski definition) is 0. The van der Waals surface area contributed by atoms with E-state index in [-0.39, 0.29) is 11.2 Å². The number of hydrogen-bond acceptors (Lipinski definition) is 3. The van der Waals surface area contributed by atoms with Gasteiger partial charge >= 0.3 is 0 Å². The molecule has 0 saturated heterocycles. The van der Waals surface area contributed by atoms with Crippen LogP contribution in [0.4, 0.5) is 0 Å². The number of para-hydroxylation sites is 5. The van der Waals surface area contributed by atoms with Gasteiger partial charge in [0, 0.05) is 66.2 Å². The molecule has 0 radical (unpaired) electrons. The highest BCUT2D eigenvalue weighted by atomic mass is 32.2. The van der Waals surface area contributed by atoms with Crippen molar-refractivity contribution in [2.75, 3.05) is 0 Å². The van der Waals surface area contributed by atoms with Gasteiger partial charge in [-0.15, -0.1) is 11.8 Å². The maximum Gasteiger partial charge on any atom is 0.0975 e. The standard InChI is InChI=1S/C51H34N4S/c1-31-30-34(28-29-35(31)48-47(32-16-4-2-5-17-32)52-39-23-11-12-24-40(39)53-48)55-42-26-14-9-21-37(42)45-49(55)44-36-20-8-13-25-41(36)54(33-18-6-3-7-19-33)50(44)46-38-22-10-15-27-43(38)56-51(45)46/h2-30,46,51H,1H3. The van der Waals surface area contributed by atoms with Crippen LogP contribution in [0.15, 0.2) is 181 Å². The lowest BCUT2D eigenvalue weighted by atomic mass is 9.80. The molecular weight excluding hydrogens is 701 g/mol. The largest absolute Gasteiger partial charge is 0.312 e. The summed E-state index contributed by atoms with van der Waals surface area (Å²) in [6.07, 6.45) is 0. The third kappa shape index (κ3) is 4.49. The van der Waals surface area contributed by atoms with Crippen molar-refractivity contribution in [3.05, 3.63) is 198 Å². The molecule has 0 amide bonds. The van der Waals surface area contributed by atoms with E-state index in [2.05, 4.69) is 168 Å². The van der Waals surface area contributed by atoms with E-state index >= 15 is 0 Å². The molecule has 4 nitrogen and oxygen atoms in total. The van der Waals surface area contributed by atoms with Crippen molar-refractivity contribution in [1.82, 2.24) is 19.1 Å². The summed E-state index contributed by atoms with van der Waals surface area (Å²) < 4.78 is 5.10. The van der Waals surface area contributed by atoms with Crippen molar-refractivity contribution in [1.29, 1.82) is 0 Å². The van der Waals surface area contributed by atoms with Gasteiger partial charge in [0.2, 0.25) is 0 Å². The molecule has 2 unspecified atom stereocenters. The van der Waals surface area contributed by atoms with Gasteiger partial charge in [-0.05, 0) is 72.6 Å². The van der Waals surface area contributed by atoms with E-state index < -0.39 is 0 Å². The Kier molecular flexibility index (Phi) is 6.87. The Hall–Kier alpha value is -6.69. The van der Waals surface area contributed by atoms with E-state index in [0.717, 1.165) is 44.8 Å². The lowest BCUT2D eigenvalue weighted by molar-refractivity contribution is 0.740. The fourth-order valence-corrected chi connectivity index (χ4v) is 11.0. The topological polar surface area (TPSA) is 35.6 Å². The minimum absolute atomic E-state index is 0.192. The molecule has 0 fully saturated rings. The first-order chi connectivity index (χ1) is 27.7. The predicted octanol–water partition coefficient (Wildman–Crippen LogP) is 13.1. The van der Waals surface area contributed by atoms with E-state index in [1.165, 1.54) is 60.5 Å². The summed E-state index contributed by atoms with van der Waals surface area (Å²) in [5, 5.41) is 2.81. The number of aromatic nitrogens is 4. The number of benzene rings is 7. The van der Waals surface area contributed by atoms with Crippen LogP contribution in [0, 0.1) is 6.92 Å². The van der Waals surface area contributed by atoms with Gasteiger partial charge in [-0.3, -0.25) is 0 Å². The smallest absolute Gasteiger partial charge is 0.0975 e. The Bertz CT molecular complexity index is 3200. The normalized spacial score (nSPS) is 15.5. The highest BCUT2D eigenvalue weighted by Crippen LogP contribution is 2.66. The van der Waals surface area contributed by atoms with Crippen LogP contribution >= 0.6 is 11.8 Å². The number of fused-ring (bicyclic) bond motifs is 13. The summed E-state index contributed by atoms with van der Waals surface area (Å²) >= 11 is 2.02. The van der Waals surface area contributed by atoms with Crippen molar-refractivity contribution in [3.63, 3.8) is 0 Å². The third-order valence-electron chi connectivity index (χ3n) is 11.8. The summed E-state index contributed by atoms with van der Waals surface area (Å²) in [5.41, 5.74) is 18.5. The highest BCUT2D eigenvalue weighted by molar-refractivity contribution is 8.00. The minimum Gasteiger partial charge on any atom is -0.312 e. The molecule has 10 aromatic rings. The molecule has 5 heteroatoms. The van der Waals surface area contributed by atoms with Crippen LogP contribution in [0.3, 0.4) is 0 Å². The number of rotatable bonds is 4. The molecule has 56 heavy (non-hydrogen) atoms. The van der Waals surface area contributed by atoms with Gasteiger partial charge in [-0.25, -0.2) is 9.97 Å². The van der Waals surface area contributed by atoms with E-state index in [0.29, 0.717) is 0 Å². The highest BCUT2D eigenvalue weighted by Gasteiger charge is 2.47. The molecular formula is C51H34N4S. The van der Waals surface area contributed by atoms with Crippen LogP contribution < -0.4 is 0 Å². The van der Waals surface area contributed by atoms with E-state index in [4.69, 9.17) is 9.97 Å². The van der Waals surface area contributed by atoms with E-state index in [1.807, 2.05) is 36.0 Å².